The van der Waals surface area contributed by atoms with Crippen LogP contribution < -0.4 is 0 Å². The number of rotatable bonds is 4. The van der Waals surface area contributed by atoms with E-state index in [0.717, 1.165) is 24.0 Å². The summed E-state index contributed by atoms with van der Waals surface area (Å²) >= 11 is 0. The van der Waals surface area contributed by atoms with Crippen LogP contribution in [0.5, 0.6) is 0 Å². The molecule has 4 heteroatoms. The minimum Gasteiger partial charge on any atom is -0.207 e. The number of hydrogen-bond acceptors (Lipinski definition) is 2. The second-order valence-electron chi connectivity index (χ2n) is 6.37. The summed E-state index contributed by atoms with van der Waals surface area (Å²) in [5, 5.41) is 0. The summed E-state index contributed by atoms with van der Waals surface area (Å²) in [7, 11) is -0.284. The van der Waals surface area contributed by atoms with Gasteiger partial charge in [-0.05, 0) is 66.1 Å². The van der Waals surface area contributed by atoms with Crippen molar-refractivity contribution in [1.82, 2.24) is 4.31 Å². The van der Waals surface area contributed by atoms with Crippen molar-refractivity contribution in [2.24, 2.45) is 0 Å². The van der Waals surface area contributed by atoms with E-state index in [0.29, 0.717) is 4.90 Å². The molecule has 0 radical (unpaired) electrons. The largest absolute Gasteiger partial charge is 0.242 e. The molecule has 0 unspecified atom stereocenters. The molecule has 0 bridgehead atoms. The van der Waals surface area contributed by atoms with Crippen molar-refractivity contribution in [2.75, 3.05) is 14.1 Å². The fourth-order valence-corrected chi connectivity index (χ4v) is 3.93. The third kappa shape index (κ3) is 3.45. The molecule has 0 fully saturated rings. The van der Waals surface area contributed by atoms with Crippen LogP contribution in [-0.4, -0.2) is 26.8 Å². The number of sulfonamides is 1. The van der Waals surface area contributed by atoms with Crippen LogP contribution in [0.25, 0.3) is 16.7 Å². The lowest BCUT2D eigenvalue weighted by Gasteiger charge is -2.14. The Bertz CT molecular complexity index is 849. The van der Waals surface area contributed by atoms with E-state index >= 15 is 0 Å². The smallest absolute Gasteiger partial charge is 0.207 e. The molecule has 0 heterocycles. The fourth-order valence-electron chi connectivity index (χ4n) is 3.03. The highest BCUT2D eigenvalue weighted by atomic mass is 32.2. The van der Waals surface area contributed by atoms with Crippen molar-refractivity contribution < 1.29 is 8.42 Å². The lowest BCUT2D eigenvalue weighted by atomic mass is 9.92. The van der Waals surface area contributed by atoms with Gasteiger partial charge in [-0.25, -0.2) is 12.7 Å². The standard InChI is InChI=1S/C20H23NO2S/c1-21(2)24(22,23)20-13-11-17(12-14-20)19-10-6-9-18(15-19)16-7-4-3-5-8-16/h6-7,9-15H,3-5,8H2,1-2H3. The van der Waals surface area contributed by atoms with Gasteiger partial charge >= 0.3 is 0 Å². The maximum absolute atomic E-state index is 12.2. The van der Waals surface area contributed by atoms with Gasteiger partial charge in [0.05, 0.1) is 4.90 Å². The van der Waals surface area contributed by atoms with Crippen molar-refractivity contribution in [2.45, 2.75) is 30.6 Å². The Hall–Kier alpha value is -1.91. The van der Waals surface area contributed by atoms with E-state index in [4.69, 9.17) is 0 Å². The van der Waals surface area contributed by atoms with Gasteiger partial charge < -0.3 is 0 Å². The maximum Gasteiger partial charge on any atom is 0.242 e. The summed E-state index contributed by atoms with van der Waals surface area (Å²) in [6.45, 7) is 0. The molecule has 2 aromatic carbocycles. The summed E-state index contributed by atoms with van der Waals surface area (Å²) < 4.78 is 25.6. The van der Waals surface area contributed by atoms with Crippen LogP contribution in [0.15, 0.2) is 59.5 Å². The maximum atomic E-state index is 12.2. The molecular weight excluding hydrogens is 318 g/mol. The molecule has 0 N–H and O–H groups in total. The topological polar surface area (TPSA) is 37.4 Å². The molecule has 1 aliphatic rings. The predicted molar refractivity (Wildman–Crippen MR) is 99.2 cm³/mol. The molecule has 0 spiro atoms. The summed E-state index contributed by atoms with van der Waals surface area (Å²) in [5.74, 6) is 0. The van der Waals surface area contributed by atoms with E-state index < -0.39 is 10.0 Å². The lowest BCUT2D eigenvalue weighted by Crippen LogP contribution is -2.22. The Balaban J connectivity index is 1.91. The zero-order valence-electron chi connectivity index (χ0n) is 14.2. The quantitative estimate of drug-likeness (QED) is 0.817. The van der Waals surface area contributed by atoms with E-state index in [9.17, 15) is 8.42 Å². The molecule has 0 saturated heterocycles. The Morgan fingerprint density at radius 3 is 2.21 bits per heavy atom. The first-order valence-electron chi connectivity index (χ1n) is 8.31. The van der Waals surface area contributed by atoms with Crippen LogP contribution in [0.1, 0.15) is 31.2 Å². The van der Waals surface area contributed by atoms with Crippen molar-refractivity contribution >= 4 is 15.6 Å². The molecule has 0 saturated carbocycles. The van der Waals surface area contributed by atoms with Crippen LogP contribution >= 0.6 is 0 Å². The lowest BCUT2D eigenvalue weighted by molar-refractivity contribution is 0.521. The van der Waals surface area contributed by atoms with Crippen LogP contribution in [0.4, 0.5) is 0 Å². The van der Waals surface area contributed by atoms with Crippen LogP contribution in [0, 0.1) is 0 Å². The van der Waals surface area contributed by atoms with Gasteiger partial charge in [0, 0.05) is 14.1 Å². The van der Waals surface area contributed by atoms with E-state index in [2.05, 4.69) is 30.3 Å². The fraction of sp³-hybridized carbons (Fsp3) is 0.300. The first-order valence-corrected chi connectivity index (χ1v) is 9.75. The number of nitrogens with zero attached hydrogens (tertiary/aromatic N) is 1. The van der Waals surface area contributed by atoms with Gasteiger partial charge in [0.1, 0.15) is 0 Å². The van der Waals surface area contributed by atoms with Crippen LogP contribution in [-0.2, 0) is 10.0 Å². The minimum absolute atomic E-state index is 0.322. The predicted octanol–water partition coefficient (Wildman–Crippen LogP) is 4.56. The highest BCUT2D eigenvalue weighted by molar-refractivity contribution is 7.89. The molecule has 0 aromatic heterocycles. The van der Waals surface area contributed by atoms with E-state index in [1.807, 2.05) is 12.1 Å². The molecule has 0 aliphatic heterocycles. The summed E-state index contributed by atoms with van der Waals surface area (Å²) in [6.07, 6.45) is 7.19. The summed E-state index contributed by atoms with van der Waals surface area (Å²) in [4.78, 5) is 0.322. The number of allylic oxidation sites excluding steroid dienone is 2. The molecule has 24 heavy (non-hydrogen) atoms. The van der Waals surface area contributed by atoms with Crippen molar-refractivity contribution in [3.05, 3.63) is 60.2 Å². The van der Waals surface area contributed by atoms with Crippen LogP contribution in [0.2, 0.25) is 0 Å². The van der Waals surface area contributed by atoms with Gasteiger partial charge in [0.2, 0.25) is 10.0 Å². The van der Waals surface area contributed by atoms with Gasteiger partial charge in [0.15, 0.2) is 0 Å². The highest BCUT2D eigenvalue weighted by Gasteiger charge is 2.16. The zero-order valence-corrected chi connectivity index (χ0v) is 15.0. The van der Waals surface area contributed by atoms with Gasteiger partial charge in [-0.3, -0.25) is 0 Å². The Morgan fingerprint density at radius 2 is 1.58 bits per heavy atom. The average Bonchev–Trinajstić information content (AvgIpc) is 2.62. The van der Waals surface area contributed by atoms with E-state index in [-0.39, 0.29) is 0 Å². The molecular formula is C20H23NO2S. The number of benzene rings is 2. The average molecular weight is 341 g/mol. The highest BCUT2D eigenvalue weighted by Crippen LogP contribution is 2.30. The molecule has 1 aliphatic carbocycles. The van der Waals surface area contributed by atoms with Crippen molar-refractivity contribution in [1.29, 1.82) is 0 Å². The third-order valence-electron chi connectivity index (χ3n) is 4.49. The number of hydrogen-bond donors (Lipinski definition) is 0. The summed E-state index contributed by atoms with van der Waals surface area (Å²) in [6, 6.07) is 15.6. The zero-order chi connectivity index (χ0) is 17.2. The first kappa shape index (κ1) is 16.9. The first-order chi connectivity index (χ1) is 11.5. The van der Waals surface area contributed by atoms with Gasteiger partial charge in [0.25, 0.3) is 0 Å². The van der Waals surface area contributed by atoms with Crippen molar-refractivity contribution in [3.8, 4) is 11.1 Å². The molecule has 2 aromatic rings. The van der Waals surface area contributed by atoms with Crippen molar-refractivity contribution in [3.63, 3.8) is 0 Å². The van der Waals surface area contributed by atoms with E-state index in [1.165, 1.54) is 28.3 Å². The monoisotopic (exact) mass is 341 g/mol. The molecule has 0 atom stereocenters. The Kier molecular flexibility index (Phi) is 4.88. The Morgan fingerprint density at radius 1 is 0.875 bits per heavy atom. The SMILES string of the molecule is CN(C)S(=O)(=O)c1ccc(-c2cccc(C3=CCCCC3)c2)cc1. The van der Waals surface area contributed by atoms with Gasteiger partial charge in [-0.15, -0.1) is 0 Å². The second-order valence-corrected chi connectivity index (χ2v) is 8.52. The molecule has 3 nitrogen and oxygen atoms in total. The summed E-state index contributed by atoms with van der Waals surface area (Å²) in [5.41, 5.74) is 4.85. The molecule has 0 amide bonds. The minimum atomic E-state index is -3.38. The van der Waals surface area contributed by atoms with Gasteiger partial charge in [-0.2, -0.15) is 0 Å². The normalized spacial score (nSPS) is 15.4. The molecule has 3 rings (SSSR count). The Labute approximate surface area is 144 Å². The third-order valence-corrected chi connectivity index (χ3v) is 6.32. The van der Waals surface area contributed by atoms with Crippen LogP contribution in [0.3, 0.4) is 0 Å². The van der Waals surface area contributed by atoms with E-state index in [1.54, 1.807) is 26.2 Å². The second kappa shape index (κ2) is 6.91. The van der Waals surface area contributed by atoms with Gasteiger partial charge in [-0.1, -0.05) is 36.4 Å². The molecule has 126 valence electrons.